The molecule has 0 saturated carbocycles. The van der Waals surface area contributed by atoms with E-state index < -0.39 is 17.1 Å². The molecule has 1 aromatic heterocycles. The van der Waals surface area contributed by atoms with Crippen LogP contribution in [0.2, 0.25) is 5.15 Å². The van der Waals surface area contributed by atoms with E-state index in [4.69, 9.17) is 16.3 Å². The normalized spacial score (nSPS) is 22.6. The zero-order chi connectivity index (χ0) is 12.9. The minimum Gasteiger partial charge on any atom is -0.502 e. The number of carbonyl (C=O) groups excluding carboxylic acids is 1. The highest BCUT2D eigenvalue weighted by atomic mass is 35.5. The van der Waals surface area contributed by atoms with E-state index in [2.05, 4.69) is 5.10 Å². The van der Waals surface area contributed by atoms with Gasteiger partial charge in [-0.25, -0.2) is 0 Å². The van der Waals surface area contributed by atoms with Crippen LogP contribution in [-0.2, 0) is 11.3 Å². The van der Waals surface area contributed by atoms with Crippen molar-refractivity contribution in [3.8, 4) is 5.75 Å². The minimum absolute atomic E-state index is 0.0949. The largest absolute Gasteiger partial charge is 0.502 e. The van der Waals surface area contributed by atoms with E-state index in [0.717, 1.165) is 0 Å². The maximum Gasteiger partial charge on any atom is 0.276 e. The highest BCUT2D eigenvalue weighted by Crippen LogP contribution is 2.24. The standard InChI is InChI=1S/C10H10ClN3O4/c11-9-8(16)7(15)6-10(17)13-1-2-18-4-5(13)3-14(6)12-9/h5,15H,1-4H2/t5-/m0/s1. The average Bonchev–Trinajstić information content (AvgIpc) is 2.36. The van der Waals surface area contributed by atoms with Crippen molar-refractivity contribution >= 4 is 17.5 Å². The molecule has 7 nitrogen and oxygen atoms in total. The van der Waals surface area contributed by atoms with Gasteiger partial charge in [-0.15, -0.1) is 0 Å². The van der Waals surface area contributed by atoms with E-state index >= 15 is 0 Å². The lowest BCUT2D eigenvalue weighted by Crippen LogP contribution is -2.55. The summed E-state index contributed by atoms with van der Waals surface area (Å²) in [5.41, 5.74) is -0.912. The molecule has 0 radical (unpaired) electrons. The molecular formula is C10H10ClN3O4. The molecule has 1 saturated heterocycles. The van der Waals surface area contributed by atoms with Crippen molar-refractivity contribution in [2.75, 3.05) is 19.8 Å². The molecule has 1 fully saturated rings. The van der Waals surface area contributed by atoms with E-state index in [1.807, 2.05) is 0 Å². The molecule has 3 rings (SSSR count). The summed E-state index contributed by atoms with van der Waals surface area (Å²) in [4.78, 5) is 25.3. The molecule has 0 aliphatic carbocycles. The third-order valence-electron chi connectivity index (χ3n) is 3.17. The van der Waals surface area contributed by atoms with Gasteiger partial charge < -0.3 is 14.7 Å². The van der Waals surface area contributed by atoms with Gasteiger partial charge >= 0.3 is 0 Å². The number of nitrogens with zero attached hydrogens (tertiary/aromatic N) is 3. The first-order valence-electron chi connectivity index (χ1n) is 5.48. The lowest BCUT2D eigenvalue weighted by Gasteiger charge is -2.39. The van der Waals surface area contributed by atoms with Crippen LogP contribution in [0.25, 0.3) is 0 Å². The van der Waals surface area contributed by atoms with Crippen molar-refractivity contribution in [3.05, 3.63) is 21.1 Å². The van der Waals surface area contributed by atoms with Crippen molar-refractivity contribution in [1.82, 2.24) is 14.7 Å². The fraction of sp³-hybridized carbons (Fsp3) is 0.500. The number of hydrogen-bond donors (Lipinski definition) is 1. The van der Waals surface area contributed by atoms with Crippen LogP contribution in [0.4, 0.5) is 0 Å². The summed E-state index contributed by atoms with van der Waals surface area (Å²) in [6.07, 6.45) is 0. The lowest BCUT2D eigenvalue weighted by atomic mass is 10.1. The van der Waals surface area contributed by atoms with E-state index in [1.54, 1.807) is 4.90 Å². The van der Waals surface area contributed by atoms with Gasteiger partial charge in [0.15, 0.2) is 11.4 Å². The maximum atomic E-state index is 12.2. The van der Waals surface area contributed by atoms with Crippen LogP contribution in [0.15, 0.2) is 4.79 Å². The van der Waals surface area contributed by atoms with Gasteiger partial charge in [-0.1, -0.05) is 11.6 Å². The first-order valence-corrected chi connectivity index (χ1v) is 5.85. The van der Waals surface area contributed by atoms with Crippen LogP contribution in [0, 0.1) is 0 Å². The molecule has 1 aromatic rings. The maximum absolute atomic E-state index is 12.2. The van der Waals surface area contributed by atoms with Crippen molar-refractivity contribution in [3.63, 3.8) is 0 Å². The van der Waals surface area contributed by atoms with Gasteiger partial charge in [0.1, 0.15) is 0 Å². The summed E-state index contributed by atoms with van der Waals surface area (Å²) < 4.78 is 6.57. The molecule has 0 aromatic carbocycles. The summed E-state index contributed by atoms with van der Waals surface area (Å²) in [5.74, 6) is -1.04. The van der Waals surface area contributed by atoms with E-state index in [-0.39, 0.29) is 16.9 Å². The number of ether oxygens (including phenoxy) is 1. The molecule has 0 bridgehead atoms. The number of carbonyl (C=O) groups is 1. The number of morpholine rings is 1. The Morgan fingerprint density at radius 3 is 3.00 bits per heavy atom. The number of aromatic hydroxyl groups is 1. The Hall–Kier alpha value is -1.60. The van der Waals surface area contributed by atoms with E-state index in [0.29, 0.717) is 26.3 Å². The van der Waals surface area contributed by atoms with E-state index in [9.17, 15) is 14.7 Å². The van der Waals surface area contributed by atoms with Gasteiger partial charge in [0, 0.05) is 6.54 Å². The number of hydrogen-bond acceptors (Lipinski definition) is 5. The Balaban J connectivity index is 2.16. The number of aromatic nitrogens is 2. The summed E-state index contributed by atoms with van der Waals surface area (Å²) in [6.45, 7) is 1.67. The third kappa shape index (κ3) is 1.51. The van der Waals surface area contributed by atoms with Crippen molar-refractivity contribution < 1.29 is 14.6 Å². The summed E-state index contributed by atoms with van der Waals surface area (Å²) >= 11 is 5.61. The van der Waals surface area contributed by atoms with Crippen LogP contribution in [-0.4, -0.2) is 51.5 Å². The number of fused-ring (bicyclic) bond motifs is 2. The second-order valence-electron chi connectivity index (χ2n) is 4.23. The Bertz CT molecular complexity index is 585. The van der Waals surface area contributed by atoms with Gasteiger partial charge in [-0.05, 0) is 0 Å². The Kier molecular flexibility index (Phi) is 2.53. The molecule has 1 amide bonds. The SMILES string of the molecule is O=C1c2c(O)c(=O)c(Cl)nn2C[C@H]2COCCN12. The van der Waals surface area contributed by atoms with Crippen LogP contribution in [0.1, 0.15) is 10.5 Å². The molecule has 2 aliphatic rings. The molecule has 18 heavy (non-hydrogen) atoms. The molecule has 2 aliphatic heterocycles. The molecule has 0 spiro atoms. The zero-order valence-electron chi connectivity index (χ0n) is 9.30. The Morgan fingerprint density at radius 2 is 2.22 bits per heavy atom. The molecular weight excluding hydrogens is 262 g/mol. The summed E-state index contributed by atoms with van der Waals surface area (Å²) in [6, 6.07) is -0.135. The van der Waals surface area contributed by atoms with Gasteiger partial charge in [0.2, 0.25) is 5.15 Å². The zero-order valence-corrected chi connectivity index (χ0v) is 10.1. The molecule has 3 heterocycles. The monoisotopic (exact) mass is 271 g/mol. The smallest absolute Gasteiger partial charge is 0.276 e. The van der Waals surface area contributed by atoms with Crippen molar-refractivity contribution in [2.45, 2.75) is 12.6 Å². The lowest BCUT2D eigenvalue weighted by molar-refractivity contribution is -0.0158. The fourth-order valence-corrected chi connectivity index (χ4v) is 2.46. The van der Waals surface area contributed by atoms with Crippen molar-refractivity contribution in [1.29, 1.82) is 0 Å². The van der Waals surface area contributed by atoms with Gasteiger partial charge in [0.25, 0.3) is 11.3 Å². The third-order valence-corrected chi connectivity index (χ3v) is 3.42. The van der Waals surface area contributed by atoms with Crippen LogP contribution >= 0.6 is 11.6 Å². The van der Waals surface area contributed by atoms with Gasteiger partial charge in [-0.2, -0.15) is 5.10 Å². The van der Waals surface area contributed by atoms with E-state index in [1.165, 1.54) is 4.68 Å². The Labute approximate surface area is 107 Å². The molecule has 1 N–H and O–H groups in total. The topological polar surface area (TPSA) is 84.7 Å². The van der Waals surface area contributed by atoms with Gasteiger partial charge in [-0.3, -0.25) is 14.3 Å². The second-order valence-corrected chi connectivity index (χ2v) is 4.58. The number of halogens is 1. The van der Waals surface area contributed by atoms with Crippen molar-refractivity contribution in [2.24, 2.45) is 0 Å². The fourth-order valence-electron chi connectivity index (χ4n) is 2.28. The second kappa shape index (κ2) is 3.96. The van der Waals surface area contributed by atoms with Crippen LogP contribution in [0.5, 0.6) is 5.75 Å². The molecule has 0 unspecified atom stereocenters. The molecule has 8 heteroatoms. The first kappa shape index (κ1) is 11.5. The quantitative estimate of drug-likeness (QED) is 0.685. The number of amides is 1. The Morgan fingerprint density at radius 1 is 1.44 bits per heavy atom. The molecule has 1 atom stereocenters. The first-order chi connectivity index (χ1) is 8.59. The predicted octanol–water partition coefficient (Wildman–Crippen LogP) is -0.543. The highest BCUT2D eigenvalue weighted by molar-refractivity contribution is 6.29. The van der Waals surface area contributed by atoms with Gasteiger partial charge in [0.05, 0.1) is 25.8 Å². The molecule has 96 valence electrons. The summed E-state index contributed by atoms with van der Waals surface area (Å²) in [5, 5.41) is 13.2. The average molecular weight is 272 g/mol. The van der Waals surface area contributed by atoms with Crippen LogP contribution in [0.3, 0.4) is 0 Å². The highest BCUT2D eigenvalue weighted by Gasteiger charge is 2.37. The summed E-state index contributed by atoms with van der Waals surface area (Å²) in [7, 11) is 0. The predicted molar refractivity (Wildman–Crippen MR) is 60.8 cm³/mol. The minimum atomic E-state index is -0.817. The number of rotatable bonds is 0. The van der Waals surface area contributed by atoms with Crippen LogP contribution < -0.4 is 5.43 Å².